The van der Waals surface area contributed by atoms with Crippen molar-refractivity contribution in [2.24, 2.45) is 5.41 Å². The maximum atomic E-state index is 12.0. The molecule has 0 radical (unpaired) electrons. The minimum atomic E-state index is -0.917. The van der Waals surface area contributed by atoms with Gasteiger partial charge in [-0.05, 0) is 45.4 Å². The summed E-state index contributed by atoms with van der Waals surface area (Å²) in [6, 6.07) is 0. The van der Waals surface area contributed by atoms with Crippen LogP contribution in [0, 0.1) is 5.41 Å². The van der Waals surface area contributed by atoms with Crippen LogP contribution < -0.4 is 0 Å². The number of allylic oxidation sites excluding steroid dienone is 1. The number of rotatable bonds is 3. The molecule has 0 unspecified atom stereocenters. The first-order valence-electron chi connectivity index (χ1n) is 6.47. The smallest absolute Gasteiger partial charge is 0.410 e. The van der Waals surface area contributed by atoms with Crippen LogP contribution in [0.15, 0.2) is 12.2 Å². The third kappa shape index (κ3) is 2.46. The molecular weight excluding hydrogens is 246 g/mol. The van der Waals surface area contributed by atoms with Gasteiger partial charge < -0.3 is 14.7 Å². The number of amides is 1. The van der Waals surface area contributed by atoms with Crippen LogP contribution in [0.2, 0.25) is 0 Å². The van der Waals surface area contributed by atoms with E-state index in [1.807, 2.05) is 20.8 Å². The summed E-state index contributed by atoms with van der Waals surface area (Å²) in [6.07, 6.45) is 5.16. The molecule has 1 amide bonds. The number of nitrogens with zero attached hydrogens (tertiary/aromatic N) is 1. The highest BCUT2D eigenvalue weighted by Crippen LogP contribution is 2.70. The fourth-order valence-electron chi connectivity index (χ4n) is 3.12. The monoisotopic (exact) mass is 267 g/mol. The van der Waals surface area contributed by atoms with Crippen LogP contribution >= 0.6 is 0 Å². The average Bonchev–Trinajstić information content (AvgIpc) is 2.09. The molecule has 0 aromatic rings. The lowest BCUT2D eigenvalue weighted by Gasteiger charge is -2.72. The van der Waals surface area contributed by atoms with Gasteiger partial charge in [0.25, 0.3) is 0 Å². The van der Waals surface area contributed by atoms with Crippen LogP contribution in [-0.4, -0.2) is 40.3 Å². The molecule has 2 bridgehead atoms. The van der Waals surface area contributed by atoms with Gasteiger partial charge in [0.1, 0.15) is 5.60 Å². The second kappa shape index (κ2) is 3.99. The Bertz CT molecular complexity index is 427. The third-order valence-electron chi connectivity index (χ3n) is 4.00. The fraction of sp³-hybridized carbons (Fsp3) is 0.714. The van der Waals surface area contributed by atoms with Crippen molar-refractivity contribution in [2.45, 2.75) is 51.2 Å². The summed E-state index contributed by atoms with van der Waals surface area (Å²) < 4.78 is 5.35. The molecule has 5 heteroatoms. The van der Waals surface area contributed by atoms with E-state index in [9.17, 15) is 9.59 Å². The van der Waals surface area contributed by atoms with Crippen LogP contribution in [-0.2, 0) is 9.53 Å². The Morgan fingerprint density at radius 1 is 1.26 bits per heavy atom. The Labute approximate surface area is 113 Å². The zero-order valence-electron chi connectivity index (χ0n) is 11.9. The van der Waals surface area contributed by atoms with E-state index < -0.39 is 11.6 Å². The van der Waals surface area contributed by atoms with E-state index in [1.54, 1.807) is 18.0 Å². The van der Waals surface area contributed by atoms with E-state index in [0.29, 0.717) is 0 Å². The fourth-order valence-corrected chi connectivity index (χ4v) is 3.12. The van der Waals surface area contributed by atoms with Gasteiger partial charge in [-0.3, -0.25) is 0 Å². The normalized spacial score (nSPS) is 32.4. The van der Waals surface area contributed by atoms with E-state index in [1.165, 1.54) is 6.08 Å². The summed E-state index contributed by atoms with van der Waals surface area (Å²) in [6.45, 7) is 5.54. The van der Waals surface area contributed by atoms with Crippen molar-refractivity contribution in [3.63, 3.8) is 0 Å². The van der Waals surface area contributed by atoms with Gasteiger partial charge in [-0.1, -0.05) is 6.08 Å². The standard InChI is InChI=1S/C14H21NO4/c1-12(2,3)19-11(18)15(4)14-7-13(8-14,9-14)6-5-10(16)17/h5-6H,7-9H2,1-4H3,(H,16,17)/b6-5+. The van der Waals surface area contributed by atoms with E-state index in [4.69, 9.17) is 9.84 Å². The van der Waals surface area contributed by atoms with Gasteiger partial charge in [0.15, 0.2) is 0 Å². The van der Waals surface area contributed by atoms with E-state index >= 15 is 0 Å². The second-order valence-corrected chi connectivity index (χ2v) is 6.83. The van der Waals surface area contributed by atoms with Gasteiger partial charge in [-0.15, -0.1) is 0 Å². The number of hydrogen-bond acceptors (Lipinski definition) is 3. The number of carboxylic acid groups (broad SMARTS) is 1. The Balaban J connectivity index is 1.91. The first kappa shape index (κ1) is 13.9. The number of carbonyl (C=O) groups is 2. The number of carbonyl (C=O) groups excluding carboxylic acids is 1. The predicted molar refractivity (Wildman–Crippen MR) is 69.8 cm³/mol. The molecule has 5 nitrogen and oxygen atoms in total. The van der Waals surface area contributed by atoms with Gasteiger partial charge in [-0.2, -0.15) is 0 Å². The molecule has 0 aromatic carbocycles. The first-order chi connectivity index (χ1) is 8.58. The molecule has 3 aliphatic carbocycles. The lowest BCUT2D eigenvalue weighted by molar-refractivity contribution is -0.176. The lowest BCUT2D eigenvalue weighted by atomic mass is 9.39. The summed E-state index contributed by atoms with van der Waals surface area (Å²) in [7, 11) is 1.76. The highest BCUT2D eigenvalue weighted by Gasteiger charge is 2.69. The highest BCUT2D eigenvalue weighted by atomic mass is 16.6. The molecule has 0 saturated heterocycles. The molecule has 0 atom stereocenters. The predicted octanol–water partition coefficient (Wildman–Crippen LogP) is 2.42. The SMILES string of the molecule is CN(C(=O)OC(C)(C)C)C12CC(/C=C/C(=O)O)(C1)C2. The Morgan fingerprint density at radius 3 is 2.21 bits per heavy atom. The molecule has 0 aromatic heterocycles. The van der Waals surface area contributed by atoms with Crippen LogP contribution in [0.5, 0.6) is 0 Å². The van der Waals surface area contributed by atoms with Crippen LogP contribution in [0.25, 0.3) is 0 Å². The van der Waals surface area contributed by atoms with E-state index in [-0.39, 0.29) is 17.0 Å². The largest absolute Gasteiger partial charge is 0.478 e. The highest BCUT2D eigenvalue weighted by molar-refractivity contribution is 5.80. The van der Waals surface area contributed by atoms with Crippen molar-refractivity contribution in [1.82, 2.24) is 4.90 Å². The number of aliphatic carboxylic acids is 1. The molecular formula is C14H21NO4. The van der Waals surface area contributed by atoms with Crippen molar-refractivity contribution in [3.8, 4) is 0 Å². The minimum absolute atomic E-state index is 0.00530. The molecule has 3 saturated carbocycles. The minimum Gasteiger partial charge on any atom is -0.478 e. The number of carboxylic acids is 1. The maximum absolute atomic E-state index is 12.0. The van der Waals surface area contributed by atoms with Gasteiger partial charge >= 0.3 is 12.1 Å². The van der Waals surface area contributed by atoms with Crippen molar-refractivity contribution >= 4 is 12.1 Å². The molecule has 106 valence electrons. The van der Waals surface area contributed by atoms with E-state index in [2.05, 4.69) is 0 Å². The topological polar surface area (TPSA) is 66.8 Å². The third-order valence-corrected chi connectivity index (χ3v) is 4.00. The summed E-state index contributed by atoms with van der Waals surface area (Å²) >= 11 is 0. The van der Waals surface area contributed by atoms with Crippen molar-refractivity contribution in [3.05, 3.63) is 12.2 Å². The summed E-state index contributed by atoms with van der Waals surface area (Å²) in [5.41, 5.74) is -0.615. The Kier molecular flexibility index (Phi) is 2.92. The second-order valence-electron chi connectivity index (χ2n) is 6.83. The first-order valence-corrected chi connectivity index (χ1v) is 6.47. The summed E-state index contributed by atoms with van der Waals surface area (Å²) in [5, 5.41) is 8.63. The molecule has 3 fully saturated rings. The van der Waals surface area contributed by atoms with Gasteiger partial charge in [0.2, 0.25) is 0 Å². The zero-order chi connectivity index (χ0) is 14.5. The summed E-state index contributed by atoms with van der Waals surface area (Å²) in [4.78, 5) is 24.2. The van der Waals surface area contributed by atoms with Crippen molar-refractivity contribution < 1.29 is 19.4 Å². The Morgan fingerprint density at radius 2 is 1.79 bits per heavy atom. The molecule has 1 N–H and O–H groups in total. The van der Waals surface area contributed by atoms with Gasteiger partial charge in [-0.25, -0.2) is 9.59 Å². The van der Waals surface area contributed by atoms with Crippen molar-refractivity contribution in [1.29, 1.82) is 0 Å². The van der Waals surface area contributed by atoms with Crippen LogP contribution in [0.4, 0.5) is 4.79 Å². The molecule has 0 spiro atoms. The maximum Gasteiger partial charge on any atom is 0.410 e. The van der Waals surface area contributed by atoms with Crippen LogP contribution in [0.3, 0.4) is 0 Å². The van der Waals surface area contributed by atoms with Crippen molar-refractivity contribution in [2.75, 3.05) is 7.05 Å². The van der Waals surface area contributed by atoms with Gasteiger partial charge in [0.05, 0.1) is 0 Å². The molecule has 19 heavy (non-hydrogen) atoms. The summed E-state index contributed by atoms with van der Waals surface area (Å²) in [5.74, 6) is -0.917. The van der Waals surface area contributed by atoms with Gasteiger partial charge in [0, 0.05) is 18.7 Å². The zero-order valence-corrected chi connectivity index (χ0v) is 11.9. The quantitative estimate of drug-likeness (QED) is 0.797. The average molecular weight is 267 g/mol. The van der Waals surface area contributed by atoms with Crippen LogP contribution in [0.1, 0.15) is 40.0 Å². The lowest BCUT2D eigenvalue weighted by Crippen LogP contribution is -2.74. The molecule has 0 heterocycles. The number of hydrogen-bond donors (Lipinski definition) is 1. The molecule has 3 aliphatic rings. The number of ether oxygens (including phenoxy) is 1. The Hall–Kier alpha value is -1.52. The van der Waals surface area contributed by atoms with E-state index in [0.717, 1.165) is 19.3 Å². The molecule has 0 aliphatic heterocycles. The molecule has 3 rings (SSSR count).